The largest absolute Gasteiger partial charge is 0.454 e. The Bertz CT molecular complexity index is 1340. The lowest BCUT2D eigenvalue weighted by atomic mass is 10.1. The van der Waals surface area contributed by atoms with Crippen LogP contribution in [0.5, 0.6) is 5.75 Å². The Hall–Kier alpha value is -4.59. The first-order valence-electron chi connectivity index (χ1n) is 10.3. The third-order valence-electron chi connectivity index (χ3n) is 5.15. The van der Waals surface area contributed by atoms with Crippen molar-refractivity contribution < 1.29 is 33.4 Å². The second kappa shape index (κ2) is 9.11. The molecule has 0 N–H and O–H groups in total. The number of Topliss-reactive ketones (excluding diaryl/α,β-unsaturated/α-hetero) is 1. The number of esters is 2. The maximum atomic E-state index is 12.9. The Morgan fingerprint density at radius 3 is 2.18 bits per heavy atom. The molecule has 3 aromatic carbocycles. The van der Waals surface area contributed by atoms with E-state index in [1.165, 1.54) is 49.4 Å². The first kappa shape index (κ1) is 22.6. The topological polar surface area (TPSA) is 107 Å². The minimum atomic E-state index is -0.804. The lowest BCUT2D eigenvalue weighted by Gasteiger charge is -2.14. The number of hydrogen-bond acceptors (Lipinski definition) is 7. The molecule has 0 aliphatic carbocycles. The van der Waals surface area contributed by atoms with Gasteiger partial charge in [0.1, 0.15) is 5.75 Å². The summed E-state index contributed by atoms with van der Waals surface area (Å²) in [7, 11) is 0. The Kier molecular flexibility index (Phi) is 6.05. The van der Waals surface area contributed by atoms with E-state index in [-0.39, 0.29) is 28.0 Å². The third-order valence-corrected chi connectivity index (χ3v) is 5.15. The summed E-state index contributed by atoms with van der Waals surface area (Å²) in [5.41, 5.74) is 1.93. The van der Waals surface area contributed by atoms with Crippen LogP contribution in [0.3, 0.4) is 0 Å². The molecule has 2 amide bonds. The Morgan fingerprint density at radius 2 is 1.50 bits per heavy atom. The molecule has 0 unspecified atom stereocenters. The van der Waals surface area contributed by atoms with Crippen molar-refractivity contribution in [3.05, 3.63) is 94.5 Å². The van der Waals surface area contributed by atoms with Crippen LogP contribution >= 0.6 is 0 Å². The van der Waals surface area contributed by atoms with Crippen molar-refractivity contribution >= 4 is 35.2 Å². The SMILES string of the molecule is CC(=O)Oc1ccc(C(=O)COC(=O)c2ccc3c(c2)C(=O)N(c2cccc(C)c2)C3=O)cc1. The van der Waals surface area contributed by atoms with E-state index in [1.807, 2.05) is 13.0 Å². The normalized spacial score (nSPS) is 12.4. The second-order valence-corrected chi connectivity index (χ2v) is 7.66. The van der Waals surface area contributed by atoms with Crippen molar-refractivity contribution in [3.8, 4) is 5.75 Å². The van der Waals surface area contributed by atoms with Crippen LogP contribution in [0.1, 0.15) is 53.9 Å². The van der Waals surface area contributed by atoms with Gasteiger partial charge < -0.3 is 9.47 Å². The van der Waals surface area contributed by atoms with Gasteiger partial charge in [-0.25, -0.2) is 9.69 Å². The zero-order valence-electron chi connectivity index (χ0n) is 18.4. The summed E-state index contributed by atoms with van der Waals surface area (Å²) in [6.45, 7) is 2.59. The molecule has 170 valence electrons. The molecule has 0 radical (unpaired) electrons. The van der Waals surface area contributed by atoms with E-state index in [4.69, 9.17) is 9.47 Å². The number of imide groups is 1. The van der Waals surface area contributed by atoms with Crippen LogP contribution in [-0.2, 0) is 9.53 Å². The predicted molar refractivity (Wildman–Crippen MR) is 121 cm³/mol. The second-order valence-electron chi connectivity index (χ2n) is 7.66. The molecule has 0 spiro atoms. The van der Waals surface area contributed by atoms with E-state index in [1.54, 1.807) is 18.2 Å². The van der Waals surface area contributed by atoms with Crippen molar-refractivity contribution in [2.45, 2.75) is 13.8 Å². The molecule has 8 nitrogen and oxygen atoms in total. The summed E-state index contributed by atoms with van der Waals surface area (Å²) in [6, 6.07) is 16.9. The molecule has 8 heteroatoms. The van der Waals surface area contributed by atoms with Gasteiger partial charge in [0.15, 0.2) is 12.4 Å². The number of ketones is 1. The number of amides is 2. The number of hydrogen-bond donors (Lipinski definition) is 0. The monoisotopic (exact) mass is 457 g/mol. The Morgan fingerprint density at radius 1 is 0.824 bits per heavy atom. The molecule has 0 aromatic heterocycles. The standard InChI is InChI=1S/C26H19NO7/c1-15-4-3-5-19(12-15)27-24(30)21-11-8-18(13-22(21)25(27)31)26(32)33-14-23(29)17-6-9-20(10-7-17)34-16(2)28/h3-13H,14H2,1-2H3. The maximum absolute atomic E-state index is 12.9. The Balaban J connectivity index is 1.45. The molecule has 0 saturated carbocycles. The predicted octanol–water partition coefficient (Wildman–Crippen LogP) is 3.76. The summed E-state index contributed by atoms with van der Waals surface area (Å²) in [4.78, 5) is 62.5. The number of ether oxygens (including phenoxy) is 2. The van der Waals surface area contributed by atoms with Gasteiger partial charge in [-0.3, -0.25) is 19.2 Å². The summed E-state index contributed by atoms with van der Waals surface area (Å²) in [6.07, 6.45) is 0. The van der Waals surface area contributed by atoms with Crippen LogP contribution in [-0.4, -0.2) is 36.1 Å². The molecule has 4 rings (SSSR count). The number of anilines is 1. The fraction of sp³-hybridized carbons (Fsp3) is 0.115. The van der Waals surface area contributed by atoms with Crippen LogP contribution < -0.4 is 9.64 Å². The molecule has 1 heterocycles. The number of carbonyl (C=O) groups is 5. The van der Waals surface area contributed by atoms with Gasteiger partial charge in [0, 0.05) is 12.5 Å². The van der Waals surface area contributed by atoms with Crippen molar-refractivity contribution in [2.75, 3.05) is 11.5 Å². The van der Waals surface area contributed by atoms with Crippen molar-refractivity contribution in [2.24, 2.45) is 0 Å². The minimum Gasteiger partial charge on any atom is -0.454 e. The van der Waals surface area contributed by atoms with Crippen LogP contribution in [0.4, 0.5) is 5.69 Å². The number of fused-ring (bicyclic) bond motifs is 1. The van der Waals surface area contributed by atoms with Gasteiger partial charge in [0.05, 0.1) is 22.4 Å². The average molecular weight is 457 g/mol. The lowest BCUT2D eigenvalue weighted by Crippen LogP contribution is -2.29. The molecule has 0 fully saturated rings. The molecule has 0 atom stereocenters. The smallest absolute Gasteiger partial charge is 0.338 e. The highest BCUT2D eigenvalue weighted by Gasteiger charge is 2.37. The van der Waals surface area contributed by atoms with Gasteiger partial charge >= 0.3 is 11.9 Å². The van der Waals surface area contributed by atoms with Crippen LogP contribution in [0, 0.1) is 6.92 Å². The molecule has 0 saturated heterocycles. The number of aryl methyl sites for hydroxylation is 1. The highest BCUT2D eigenvalue weighted by Crippen LogP contribution is 2.29. The number of carbonyl (C=O) groups excluding carboxylic acids is 5. The first-order valence-corrected chi connectivity index (χ1v) is 10.3. The van der Waals surface area contributed by atoms with E-state index in [2.05, 4.69) is 0 Å². The zero-order chi connectivity index (χ0) is 24.4. The van der Waals surface area contributed by atoms with E-state index in [9.17, 15) is 24.0 Å². The zero-order valence-corrected chi connectivity index (χ0v) is 18.4. The minimum absolute atomic E-state index is 0.0454. The molecule has 0 bridgehead atoms. The van der Waals surface area contributed by atoms with E-state index in [0.717, 1.165) is 10.5 Å². The first-order chi connectivity index (χ1) is 16.2. The fourth-order valence-corrected chi connectivity index (χ4v) is 3.54. The van der Waals surface area contributed by atoms with Gasteiger partial charge in [-0.1, -0.05) is 12.1 Å². The molecule has 1 aliphatic rings. The van der Waals surface area contributed by atoms with Gasteiger partial charge in [-0.2, -0.15) is 0 Å². The number of benzene rings is 3. The molecule has 34 heavy (non-hydrogen) atoms. The molecular weight excluding hydrogens is 438 g/mol. The van der Waals surface area contributed by atoms with Crippen LogP contribution in [0.25, 0.3) is 0 Å². The van der Waals surface area contributed by atoms with Crippen molar-refractivity contribution in [3.63, 3.8) is 0 Å². The van der Waals surface area contributed by atoms with Crippen LogP contribution in [0.15, 0.2) is 66.7 Å². The van der Waals surface area contributed by atoms with Gasteiger partial charge in [-0.05, 0) is 67.1 Å². The third kappa shape index (κ3) is 4.47. The van der Waals surface area contributed by atoms with Gasteiger partial charge in [-0.15, -0.1) is 0 Å². The quantitative estimate of drug-likeness (QED) is 0.240. The highest BCUT2D eigenvalue weighted by molar-refractivity contribution is 6.34. The van der Waals surface area contributed by atoms with Gasteiger partial charge in [0.25, 0.3) is 11.8 Å². The average Bonchev–Trinajstić information content (AvgIpc) is 3.06. The maximum Gasteiger partial charge on any atom is 0.338 e. The van der Waals surface area contributed by atoms with Crippen molar-refractivity contribution in [1.82, 2.24) is 0 Å². The summed E-state index contributed by atoms with van der Waals surface area (Å²) in [5.74, 6) is -2.47. The van der Waals surface area contributed by atoms with E-state index in [0.29, 0.717) is 5.69 Å². The van der Waals surface area contributed by atoms with Crippen LogP contribution in [0.2, 0.25) is 0 Å². The fourth-order valence-electron chi connectivity index (χ4n) is 3.54. The molecule has 1 aliphatic heterocycles. The van der Waals surface area contributed by atoms with Gasteiger partial charge in [0.2, 0.25) is 0 Å². The lowest BCUT2D eigenvalue weighted by molar-refractivity contribution is -0.131. The van der Waals surface area contributed by atoms with E-state index >= 15 is 0 Å². The van der Waals surface area contributed by atoms with Crippen molar-refractivity contribution in [1.29, 1.82) is 0 Å². The highest BCUT2D eigenvalue weighted by atomic mass is 16.5. The Labute approximate surface area is 194 Å². The van der Waals surface area contributed by atoms with E-state index < -0.39 is 36.1 Å². The molecular formula is C26H19NO7. The molecule has 3 aromatic rings. The summed E-state index contributed by atoms with van der Waals surface area (Å²) in [5, 5.41) is 0. The summed E-state index contributed by atoms with van der Waals surface area (Å²) >= 11 is 0. The number of nitrogens with zero attached hydrogens (tertiary/aromatic N) is 1. The number of rotatable bonds is 6. The summed E-state index contributed by atoms with van der Waals surface area (Å²) < 4.78 is 10.0.